The van der Waals surface area contributed by atoms with Crippen molar-refractivity contribution in [3.8, 4) is 23.0 Å². The lowest BCUT2D eigenvalue weighted by Crippen LogP contribution is -2.55. The van der Waals surface area contributed by atoms with E-state index in [2.05, 4.69) is 16.7 Å². The number of nitrogens with one attached hydrogen (secondary N) is 2. The zero-order chi connectivity index (χ0) is 26.4. The highest BCUT2D eigenvalue weighted by Gasteiger charge is 2.47. The molecule has 2 N–H and O–H groups in total. The second-order valence-electron chi connectivity index (χ2n) is 11.3. The summed E-state index contributed by atoms with van der Waals surface area (Å²) in [5.41, 5.74) is 4.53. The van der Waals surface area contributed by atoms with Gasteiger partial charge in [0.15, 0.2) is 0 Å². The van der Waals surface area contributed by atoms with E-state index in [4.69, 9.17) is 23.2 Å². The van der Waals surface area contributed by atoms with Gasteiger partial charge in [0.2, 0.25) is 0 Å². The number of carbonyl (C=O) groups excluding carboxylic acids is 1. The van der Waals surface area contributed by atoms with Crippen molar-refractivity contribution in [3.05, 3.63) is 75.4 Å². The molecule has 4 fully saturated rings. The van der Waals surface area contributed by atoms with Crippen LogP contribution >= 0.6 is 23.2 Å². The molecule has 0 saturated heterocycles. The Kier molecular flexibility index (Phi) is 6.99. The number of aromatic nitrogens is 1. The molecule has 7 rings (SSSR count). The summed E-state index contributed by atoms with van der Waals surface area (Å²) in [6.07, 6.45) is 8.84. The van der Waals surface area contributed by atoms with Crippen LogP contribution < -0.4 is 10.6 Å². The molecule has 1 aromatic heterocycles. The molecule has 196 valence electrons. The summed E-state index contributed by atoms with van der Waals surface area (Å²) in [5, 5.41) is 17.2. The number of nitriles is 1. The van der Waals surface area contributed by atoms with Crippen molar-refractivity contribution in [1.82, 2.24) is 15.2 Å². The lowest BCUT2D eigenvalue weighted by atomic mass is 9.54. The van der Waals surface area contributed by atoms with E-state index in [1.807, 2.05) is 35.9 Å². The van der Waals surface area contributed by atoms with Crippen LogP contribution in [0.3, 0.4) is 0 Å². The number of hydrogen-bond acceptors (Lipinski definition) is 3. The van der Waals surface area contributed by atoms with E-state index in [-0.39, 0.29) is 5.91 Å². The van der Waals surface area contributed by atoms with Gasteiger partial charge in [-0.2, -0.15) is 5.26 Å². The zero-order valence-electron chi connectivity index (χ0n) is 21.5. The highest BCUT2D eigenvalue weighted by molar-refractivity contribution is 6.35. The van der Waals surface area contributed by atoms with Gasteiger partial charge in [-0.1, -0.05) is 35.3 Å². The molecule has 4 saturated carbocycles. The quantitative estimate of drug-likeness (QED) is 0.321. The monoisotopic (exact) mass is 546 g/mol. The number of nitrogens with zero attached hydrogens (tertiary/aromatic N) is 2. The van der Waals surface area contributed by atoms with E-state index in [0.717, 1.165) is 52.7 Å². The third kappa shape index (κ3) is 4.75. The summed E-state index contributed by atoms with van der Waals surface area (Å²) >= 11 is 12.7. The highest BCUT2D eigenvalue weighted by atomic mass is 35.5. The van der Waals surface area contributed by atoms with Gasteiger partial charge in [0.1, 0.15) is 0 Å². The molecule has 0 atom stereocenters. The highest BCUT2D eigenvalue weighted by Crippen LogP contribution is 2.53. The fraction of sp³-hybridized carbons (Fsp3) is 0.419. The average molecular weight is 548 g/mol. The molecule has 0 spiro atoms. The van der Waals surface area contributed by atoms with Crippen molar-refractivity contribution < 1.29 is 4.79 Å². The van der Waals surface area contributed by atoms with Crippen molar-refractivity contribution in [2.24, 2.45) is 23.7 Å². The van der Waals surface area contributed by atoms with Gasteiger partial charge in [0.05, 0.1) is 33.6 Å². The second kappa shape index (κ2) is 10.4. The summed E-state index contributed by atoms with van der Waals surface area (Å²) in [4.78, 5) is 13.4. The molecule has 4 bridgehead atoms. The Bertz CT molecular complexity index is 1380. The smallest absolute Gasteiger partial charge is 0.253 e. The van der Waals surface area contributed by atoms with Gasteiger partial charge < -0.3 is 15.2 Å². The average Bonchev–Trinajstić information content (AvgIpc) is 3.24. The number of amides is 1. The van der Waals surface area contributed by atoms with Crippen LogP contribution in [0.1, 0.15) is 53.6 Å². The van der Waals surface area contributed by atoms with Crippen LogP contribution in [0.25, 0.3) is 16.9 Å². The largest absolute Gasteiger partial charge is 0.351 e. The first-order valence-corrected chi connectivity index (χ1v) is 14.4. The van der Waals surface area contributed by atoms with Crippen molar-refractivity contribution in [2.45, 2.75) is 45.1 Å². The SMILES string of the molecule is Cc1c(C(=O)NCCNC2C3CC4CC(C3)CC2C4)cn(-c2ccc(Cl)cc2Cl)c1-c1ccc(C#N)cc1. The van der Waals surface area contributed by atoms with Gasteiger partial charge in [-0.05, 0) is 104 Å². The maximum Gasteiger partial charge on any atom is 0.253 e. The van der Waals surface area contributed by atoms with Crippen LogP contribution in [0.2, 0.25) is 10.0 Å². The fourth-order valence-electron chi connectivity index (χ4n) is 7.52. The Morgan fingerprint density at radius 2 is 1.68 bits per heavy atom. The third-order valence-electron chi connectivity index (χ3n) is 8.98. The van der Waals surface area contributed by atoms with Gasteiger partial charge in [-0.25, -0.2) is 0 Å². The van der Waals surface area contributed by atoms with Crippen LogP contribution in [-0.4, -0.2) is 29.6 Å². The minimum Gasteiger partial charge on any atom is -0.351 e. The molecule has 38 heavy (non-hydrogen) atoms. The van der Waals surface area contributed by atoms with E-state index in [9.17, 15) is 10.1 Å². The lowest BCUT2D eigenvalue weighted by molar-refractivity contribution is -0.0133. The predicted molar refractivity (Wildman–Crippen MR) is 152 cm³/mol. The normalized spacial score (nSPS) is 25.4. The molecule has 0 radical (unpaired) electrons. The molecular formula is C31H32Cl2N4O. The van der Waals surface area contributed by atoms with Crippen molar-refractivity contribution in [1.29, 1.82) is 5.26 Å². The summed E-state index contributed by atoms with van der Waals surface area (Å²) in [6.45, 7) is 3.32. The van der Waals surface area contributed by atoms with E-state index >= 15 is 0 Å². The Balaban J connectivity index is 1.20. The van der Waals surface area contributed by atoms with Crippen molar-refractivity contribution in [3.63, 3.8) is 0 Å². The Morgan fingerprint density at radius 3 is 2.32 bits per heavy atom. The minimum atomic E-state index is -0.104. The summed E-state index contributed by atoms with van der Waals surface area (Å²) in [6, 6.07) is 15.5. The molecule has 2 aromatic carbocycles. The van der Waals surface area contributed by atoms with Crippen LogP contribution in [0, 0.1) is 41.9 Å². The Labute approximate surface area is 234 Å². The minimum absolute atomic E-state index is 0.104. The van der Waals surface area contributed by atoms with Crippen LogP contribution in [0.15, 0.2) is 48.7 Å². The number of benzene rings is 2. The molecule has 0 unspecified atom stereocenters. The Morgan fingerprint density at radius 1 is 1.00 bits per heavy atom. The van der Waals surface area contributed by atoms with E-state index in [1.54, 1.807) is 24.3 Å². The van der Waals surface area contributed by atoms with Crippen molar-refractivity contribution in [2.75, 3.05) is 13.1 Å². The number of halogens is 2. The summed E-state index contributed by atoms with van der Waals surface area (Å²) < 4.78 is 1.94. The molecule has 3 aromatic rings. The standard InChI is InChI=1S/C31H32Cl2N4O/c1-18-26(31(38)36-9-8-35-29-23-11-20-10-21(13-23)14-24(29)12-20)17-37(28-7-6-25(32)15-27(28)33)30(18)22-4-2-19(16-34)3-5-22/h2-7,15,17,20-21,23-24,29,35H,8-14H2,1H3,(H,36,38). The molecule has 0 aliphatic heterocycles. The number of rotatable bonds is 7. The van der Waals surface area contributed by atoms with Gasteiger partial charge in [-0.15, -0.1) is 0 Å². The van der Waals surface area contributed by atoms with E-state index in [1.165, 1.54) is 32.1 Å². The lowest BCUT2D eigenvalue weighted by Gasteiger charge is -2.54. The Hall–Kier alpha value is -2.78. The van der Waals surface area contributed by atoms with Crippen LogP contribution in [0.4, 0.5) is 0 Å². The topological polar surface area (TPSA) is 69.8 Å². The maximum absolute atomic E-state index is 13.4. The fourth-order valence-corrected chi connectivity index (χ4v) is 8.02. The van der Waals surface area contributed by atoms with Crippen LogP contribution in [-0.2, 0) is 0 Å². The molecule has 4 aliphatic carbocycles. The second-order valence-corrected chi connectivity index (χ2v) is 12.2. The van der Waals surface area contributed by atoms with E-state index in [0.29, 0.717) is 33.8 Å². The zero-order valence-corrected chi connectivity index (χ0v) is 23.0. The molecule has 7 heteroatoms. The predicted octanol–water partition coefficient (Wildman–Crippen LogP) is 6.78. The van der Waals surface area contributed by atoms with Gasteiger partial charge >= 0.3 is 0 Å². The van der Waals surface area contributed by atoms with Gasteiger partial charge in [-0.3, -0.25) is 4.79 Å². The van der Waals surface area contributed by atoms with Crippen LogP contribution in [0.5, 0.6) is 0 Å². The number of hydrogen-bond donors (Lipinski definition) is 2. The maximum atomic E-state index is 13.4. The summed E-state index contributed by atoms with van der Waals surface area (Å²) in [7, 11) is 0. The first-order valence-electron chi connectivity index (χ1n) is 13.6. The first-order chi connectivity index (χ1) is 18.4. The molecule has 1 heterocycles. The molecule has 4 aliphatic rings. The van der Waals surface area contributed by atoms with E-state index < -0.39 is 0 Å². The summed E-state index contributed by atoms with van der Waals surface area (Å²) in [5.74, 6) is 3.45. The van der Waals surface area contributed by atoms with Crippen molar-refractivity contribution >= 4 is 29.1 Å². The molecular weight excluding hydrogens is 515 g/mol. The number of carbonyl (C=O) groups is 1. The molecule has 5 nitrogen and oxygen atoms in total. The van der Waals surface area contributed by atoms with Gasteiger partial charge in [0, 0.05) is 30.4 Å². The third-order valence-corrected chi connectivity index (χ3v) is 9.51. The van der Waals surface area contributed by atoms with Gasteiger partial charge in [0.25, 0.3) is 5.91 Å². The molecule has 1 amide bonds. The first kappa shape index (κ1) is 25.5.